The Labute approximate surface area is 99.8 Å². The smallest absolute Gasteiger partial charge is 0.444 e. The third kappa shape index (κ3) is 4.84. The molecule has 0 saturated heterocycles. The average molecular weight is 238 g/mol. The quantitative estimate of drug-likeness (QED) is 0.636. The topological polar surface area (TPSA) is 91.7 Å². The van der Waals surface area contributed by atoms with Crippen molar-refractivity contribution >= 4 is 24.5 Å². The molecule has 1 rings (SSSR count). The van der Waals surface area contributed by atoms with Gasteiger partial charge in [-0.2, -0.15) is 0 Å². The van der Waals surface area contributed by atoms with E-state index >= 15 is 0 Å². The summed E-state index contributed by atoms with van der Waals surface area (Å²) >= 11 is 0. The van der Waals surface area contributed by atoms with Crippen molar-refractivity contribution in [2.45, 2.75) is 26.4 Å². The second-order valence-corrected chi connectivity index (χ2v) is 4.47. The fraction of sp³-hybridized carbons (Fsp3) is 0.400. The number of pyridine rings is 1. The second-order valence-electron chi connectivity index (χ2n) is 4.47. The van der Waals surface area contributed by atoms with Gasteiger partial charge in [-0.25, -0.2) is 9.78 Å². The van der Waals surface area contributed by atoms with Gasteiger partial charge in [-0.15, -0.1) is 0 Å². The Kier molecular flexibility index (Phi) is 4.09. The van der Waals surface area contributed by atoms with E-state index in [0.29, 0.717) is 0 Å². The molecule has 0 saturated carbocycles. The molecule has 3 N–H and O–H groups in total. The largest absolute Gasteiger partial charge is 0.488 e. The minimum Gasteiger partial charge on any atom is -0.444 e. The molecule has 0 unspecified atom stereocenters. The van der Waals surface area contributed by atoms with Gasteiger partial charge in [0, 0.05) is 6.20 Å². The molecule has 0 spiro atoms. The molecule has 0 aliphatic rings. The number of carbonyl (C=O) groups is 1. The molecular formula is C10H15BN2O4. The Morgan fingerprint density at radius 1 is 1.47 bits per heavy atom. The number of aromatic nitrogens is 1. The summed E-state index contributed by atoms with van der Waals surface area (Å²) in [5.41, 5.74) is -0.357. The Hall–Kier alpha value is -1.60. The van der Waals surface area contributed by atoms with Crippen molar-refractivity contribution < 1.29 is 19.6 Å². The molecule has 0 radical (unpaired) electrons. The summed E-state index contributed by atoms with van der Waals surface area (Å²) in [5.74, 6) is 0.199. The van der Waals surface area contributed by atoms with E-state index in [4.69, 9.17) is 14.8 Å². The lowest BCUT2D eigenvalue weighted by Crippen LogP contribution is -2.31. The SMILES string of the molecule is CC(C)(C)OC(=O)Nc1cc(B(O)O)ccn1. The Morgan fingerprint density at radius 3 is 2.65 bits per heavy atom. The van der Waals surface area contributed by atoms with Crippen LogP contribution in [-0.4, -0.2) is 33.8 Å². The molecule has 1 heterocycles. The fourth-order valence-corrected chi connectivity index (χ4v) is 1.08. The van der Waals surface area contributed by atoms with E-state index in [1.54, 1.807) is 20.8 Å². The number of amides is 1. The molecule has 0 aliphatic heterocycles. The van der Waals surface area contributed by atoms with E-state index in [1.165, 1.54) is 18.3 Å². The maximum atomic E-state index is 11.4. The van der Waals surface area contributed by atoms with Gasteiger partial charge in [0.2, 0.25) is 0 Å². The summed E-state index contributed by atoms with van der Waals surface area (Å²) in [6, 6.07) is 2.79. The van der Waals surface area contributed by atoms with Gasteiger partial charge in [-0.1, -0.05) is 0 Å². The van der Waals surface area contributed by atoms with E-state index in [1.807, 2.05) is 0 Å². The predicted octanol–water partition coefficient (Wildman–Crippen LogP) is 0.108. The first-order valence-corrected chi connectivity index (χ1v) is 5.10. The average Bonchev–Trinajstić information content (AvgIpc) is 2.14. The highest BCUT2D eigenvalue weighted by Crippen LogP contribution is 2.09. The standard InChI is InChI=1S/C10H15BN2O4/c1-10(2,3)17-9(14)13-8-6-7(11(15)16)4-5-12-8/h4-6,15-16H,1-3H3,(H,12,13,14). The van der Waals surface area contributed by atoms with Crippen molar-refractivity contribution in [1.82, 2.24) is 4.98 Å². The van der Waals surface area contributed by atoms with E-state index in [0.717, 1.165) is 0 Å². The highest BCUT2D eigenvalue weighted by atomic mass is 16.6. The van der Waals surface area contributed by atoms with Crippen molar-refractivity contribution in [1.29, 1.82) is 0 Å². The van der Waals surface area contributed by atoms with Crippen LogP contribution in [0.4, 0.5) is 10.6 Å². The molecule has 1 aromatic heterocycles. The first-order valence-electron chi connectivity index (χ1n) is 5.10. The van der Waals surface area contributed by atoms with Crippen LogP contribution in [0.15, 0.2) is 18.3 Å². The van der Waals surface area contributed by atoms with Gasteiger partial charge in [0.15, 0.2) is 0 Å². The van der Waals surface area contributed by atoms with Crippen molar-refractivity contribution in [3.63, 3.8) is 0 Å². The fourth-order valence-electron chi connectivity index (χ4n) is 1.08. The summed E-state index contributed by atoms with van der Waals surface area (Å²) in [6.45, 7) is 5.23. The molecule has 92 valence electrons. The Bertz CT molecular complexity index is 404. The number of ether oxygens (including phenoxy) is 1. The maximum Gasteiger partial charge on any atom is 0.488 e. The molecule has 0 aliphatic carbocycles. The van der Waals surface area contributed by atoms with Gasteiger partial charge in [0.05, 0.1) is 0 Å². The summed E-state index contributed by atoms with van der Waals surface area (Å²) < 4.78 is 5.03. The molecule has 0 bridgehead atoms. The van der Waals surface area contributed by atoms with Crippen LogP contribution in [0, 0.1) is 0 Å². The number of hydrogen-bond donors (Lipinski definition) is 3. The zero-order valence-electron chi connectivity index (χ0n) is 9.97. The maximum absolute atomic E-state index is 11.4. The highest BCUT2D eigenvalue weighted by molar-refractivity contribution is 6.58. The molecule has 7 heteroatoms. The van der Waals surface area contributed by atoms with Crippen molar-refractivity contribution in [3.05, 3.63) is 18.3 Å². The third-order valence-electron chi connectivity index (χ3n) is 1.71. The van der Waals surface area contributed by atoms with Crippen LogP contribution in [0.25, 0.3) is 0 Å². The minimum absolute atomic E-state index is 0.199. The van der Waals surface area contributed by atoms with Crippen LogP contribution in [0.2, 0.25) is 0 Å². The monoisotopic (exact) mass is 238 g/mol. The summed E-state index contributed by atoms with van der Waals surface area (Å²) in [7, 11) is -1.60. The van der Waals surface area contributed by atoms with Crippen LogP contribution in [0.1, 0.15) is 20.8 Å². The molecule has 0 fully saturated rings. The van der Waals surface area contributed by atoms with Gasteiger partial charge in [0.1, 0.15) is 11.4 Å². The third-order valence-corrected chi connectivity index (χ3v) is 1.71. The lowest BCUT2D eigenvalue weighted by molar-refractivity contribution is 0.0635. The van der Waals surface area contributed by atoms with Crippen LogP contribution in [-0.2, 0) is 4.74 Å². The Balaban J connectivity index is 2.69. The molecule has 0 aromatic carbocycles. The van der Waals surface area contributed by atoms with E-state index in [-0.39, 0.29) is 11.3 Å². The van der Waals surface area contributed by atoms with Crippen LogP contribution in [0.3, 0.4) is 0 Å². The number of anilines is 1. The zero-order chi connectivity index (χ0) is 13.1. The van der Waals surface area contributed by atoms with Crippen molar-refractivity contribution in [3.8, 4) is 0 Å². The lowest BCUT2D eigenvalue weighted by atomic mass is 9.81. The van der Waals surface area contributed by atoms with E-state index < -0.39 is 18.8 Å². The van der Waals surface area contributed by atoms with Crippen molar-refractivity contribution in [2.75, 3.05) is 5.32 Å². The molecular weight excluding hydrogens is 223 g/mol. The van der Waals surface area contributed by atoms with Gasteiger partial charge < -0.3 is 14.8 Å². The summed E-state index contributed by atoms with van der Waals surface area (Å²) in [5, 5.41) is 20.3. The molecule has 1 amide bonds. The lowest BCUT2D eigenvalue weighted by Gasteiger charge is -2.19. The molecule has 0 atom stereocenters. The number of rotatable bonds is 2. The second kappa shape index (κ2) is 5.16. The van der Waals surface area contributed by atoms with E-state index in [2.05, 4.69) is 10.3 Å². The van der Waals surface area contributed by atoms with Crippen LogP contribution < -0.4 is 10.8 Å². The number of hydrogen-bond acceptors (Lipinski definition) is 5. The number of carbonyl (C=O) groups excluding carboxylic acids is 1. The normalized spacial score (nSPS) is 10.9. The predicted molar refractivity (Wildman–Crippen MR) is 63.9 cm³/mol. The summed E-state index contributed by atoms with van der Waals surface area (Å²) in [6.07, 6.45) is 0.719. The number of nitrogens with zero attached hydrogens (tertiary/aromatic N) is 1. The van der Waals surface area contributed by atoms with Gasteiger partial charge in [-0.05, 0) is 38.4 Å². The molecule has 1 aromatic rings. The first kappa shape index (κ1) is 13.5. The first-order chi connectivity index (χ1) is 7.78. The highest BCUT2D eigenvalue weighted by Gasteiger charge is 2.17. The van der Waals surface area contributed by atoms with Crippen molar-refractivity contribution in [2.24, 2.45) is 0 Å². The van der Waals surface area contributed by atoms with Gasteiger partial charge >= 0.3 is 13.2 Å². The molecule has 17 heavy (non-hydrogen) atoms. The van der Waals surface area contributed by atoms with Crippen LogP contribution >= 0.6 is 0 Å². The molecule has 6 nitrogen and oxygen atoms in total. The zero-order valence-corrected chi connectivity index (χ0v) is 9.97. The summed E-state index contributed by atoms with van der Waals surface area (Å²) in [4.78, 5) is 15.3. The Morgan fingerprint density at radius 2 is 2.12 bits per heavy atom. The van der Waals surface area contributed by atoms with Crippen LogP contribution in [0.5, 0.6) is 0 Å². The van der Waals surface area contributed by atoms with E-state index in [9.17, 15) is 4.79 Å². The van der Waals surface area contributed by atoms with Gasteiger partial charge in [-0.3, -0.25) is 5.32 Å². The number of nitrogens with one attached hydrogen (secondary N) is 1. The minimum atomic E-state index is -1.60. The van der Waals surface area contributed by atoms with Gasteiger partial charge in [0.25, 0.3) is 0 Å².